The van der Waals surface area contributed by atoms with Gasteiger partial charge in [0.05, 0.1) is 24.2 Å². The van der Waals surface area contributed by atoms with Crippen LogP contribution in [0.1, 0.15) is 5.56 Å². The number of nitrogens with one attached hydrogen (secondary N) is 1. The third-order valence-corrected chi connectivity index (χ3v) is 4.46. The highest BCUT2D eigenvalue weighted by molar-refractivity contribution is 5.91. The molecule has 1 aliphatic heterocycles. The van der Waals surface area contributed by atoms with Gasteiger partial charge in [-0.3, -0.25) is 19.8 Å². The van der Waals surface area contributed by atoms with Gasteiger partial charge in [0, 0.05) is 31.4 Å². The number of carbonyl (C=O) groups excluding carboxylic acids is 1. The molecule has 8 nitrogen and oxygen atoms in total. The zero-order chi connectivity index (χ0) is 19.8. The van der Waals surface area contributed by atoms with Crippen molar-refractivity contribution in [1.29, 1.82) is 0 Å². The minimum atomic E-state index is -0.506. The molecule has 8 heteroatoms. The van der Waals surface area contributed by atoms with Gasteiger partial charge in [0.25, 0.3) is 11.6 Å². The molecule has 0 radical (unpaired) electrons. The Morgan fingerprint density at radius 1 is 1.18 bits per heavy atom. The van der Waals surface area contributed by atoms with E-state index >= 15 is 0 Å². The smallest absolute Gasteiger partial charge is 0.273 e. The lowest BCUT2D eigenvalue weighted by Crippen LogP contribution is -2.37. The third kappa shape index (κ3) is 6.04. The molecule has 3 rings (SSSR count). The molecule has 1 heterocycles. The second-order valence-electron chi connectivity index (χ2n) is 6.49. The van der Waals surface area contributed by atoms with Crippen LogP contribution in [0.5, 0.6) is 5.75 Å². The van der Waals surface area contributed by atoms with Crippen molar-refractivity contribution in [2.45, 2.75) is 6.42 Å². The van der Waals surface area contributed by atoms with Crippen molar-refractivity contribution >= 4 is 17.3 Å². The fourth-order valence-corrected chi connectivity index (χ4v) is 2.90. The van der Waals surface area contributed by atoms with Gasteiger partial charge in [-0.25, -0.2) is 0 Å². The van der Waals surface area contributed by atoms with Crippen molar-refractivity contribution in [1.82, 2.24) is 4.90 Å². The second-order valence-corrected chi connectivity index (χ2v) is 6.49. The molecule has 2 aromatic rings. The molecule has 0 unspecified atom stereocenters. The first-order valence-electron chi connectivity index (χ1n) is 9.16. The van der Waals surface area contributed by atoms with Crippen molar-refractivity contribution in [3.05, 3.63) is 64.2 Å². The molecule has 148 valence electrons. The summed E-state index contributed by atoms with van der Waals surface area (Å²) in [7, 11) is 0. The van der Waals surface area contributed by atoms with Gasteiger partial charge in [0.2, 0.25) is 0 Å². The number of non-ortho nitro benzene ring substituents is 1. The number of benzene rings is 2. The van der Waals surface area contributed by atoms with Gasteiger partial charge >= 0.3 is 0 Å². The number of carbonyl (C=O) groups is 1. The molecule has 0 atom stereocenters. The summed E-state index contributed by atoms with van der Waals surface area (Å²) in [6, 6.07) is 13.5. The Kier molecular flexibility index (Phi) is 6.94. The van der Waals surface area contributed by atoms with Gasteiger partial charge in [-0.15, -0.1) is 0 Å². The summed E-state index contributed by atoms with van der Waals surface area (Å²) in [6.45, 7) is 4.30. The summed E-state index contributed by atoms with van der Waals surface area (Å²) in [5.41, 5.74) is 1.81. The predicted molar refractivity (Wildman–Crippen MR) is 105 cm³/mol. The number of morpholine rings is 1. The Balaban J connectivity index is 1.43. The monoisotopic (exact) mass is 385 g/mol. The Morgan fingerprint density at radius 3 is 2.64 bits per heavy atom. The maximum absolute atomic E-state index is 12.0. The highest BCUT2D eigenvalue weighted by atomic mass is 16.6. The molecule has 0 spiro atoms. The van der Waals surface area contributed by atoms with Crippen LogP contribution in [0.25, 0.3) is 0 Å². The van der Waals surface area contributed by atoms with E-state index in [2.05, 4.69) is 10.2 Å². The minimum Gasteiger partial charge on any atom is -0.484 e. The molecular weight excluding hydrogens is 362 g/mol. The zero-order valence-electron chi connectivity index (χ0n) is 15.5. The highest BCUT2D eigenvalue weighted by Gasteiger charge is 2.11. The van der Waals surface area contributed by atoms with Gasteiger partial charge in [-0.1, -0.05) is 18.2 Å². The lowest BCUT2D eigenvalue weighted by molar-refractivity contribution is -0.384. The van der Waals surface area contributed by atoms with E-state index in [1.54, 1.807) is 6.07 Å². The minimum absolute atomic E-state index is 0.0782. The summed E-state index contributed by atoms with van der Waals surface area (Å²) in [5, 5.41) is 13.5. The van der Waals surface area contributed by atoms with Gasteiger partial charge < -0.3 is 14.8 Å². The number of ether oxygens (including phenoxy) is 2. The van der Waals surface area contributed by atoms with Crippen LogP contribution in [-0.4, -0.2) is 55.2 Å². The number of hydrogen-bond donors (Lipinski definition) is 1. The van der Waals surface area contributed by atoms with Gasteiger partial charge in [0.15, 0.2) is 6.61 Å². The van der Waals surface area contributed by atoms with Gasteiger partial charge in [-0.05, 0) is 30.2 Å². The first kappa shape index (κ1) is 19.8. The van der Waals surface area contributed by atoms with E-state index in [9.17, 15) is 14.9 Å². The zero-order valence-corrected chi connectivity index (χ0v) is 15.5. The number of nitro groups is 1. The van der Waals surface area contributed by atoms with Crippen LogP contribution in [0.15, 0.2) is 48.5 Å². The van der Waals surface area contributed by atoms with E-state index in [0.29, 0.717) is 5.69 Å². The SMILES string of the molecule is O=C(COc1cccc([N+](=O)[O-])c1)Nc1ccc(CCN2CCOCC2)cc1. The molecule has 28 heavy (non-hydrogen) atoms. The summed E-state index contributed by atoms with van der Waals surface area (Å²) < 4.78 is 10.7. The molecule has 1 amide bonds. The standard InChI is InChI=1S/C20H23N3O5/c24-20(15-28-19-3-1-2-18(14-19)23(25)26)21-17-6-4-16(5-7-17)8-9-22-10-12-27-13-11-22/h1-7,14H,8-13,15H2,(H,21,24). The van der Waals surface area contributed by atoms with E-state index in [-0.39, 0.29) is 24.0 Å². The number of nitro benzene ring substituents is 1. The van der Waals surface area contributed by atoms with Crippen LogP contribution in [0.2, 0.25) is 0 Å². The second kappa shape index (κ2) is 9.82. The average molecular weight is 385 g/mol. The molecule has 0 aliphatic carbocycles. The van der Waals surface area contributed by atoms with Crippen molar-refractivity contribution in [3.63, 3.8) is 0 Å². The molecule has 1 N–H and O–H groups in total. The Labute approximate surface area is 163 Å². The number of hydrogen-bond acceptors (Lipinski definition) is 6. The first-order valence-corrected chi connectivity index (χ1v) is 9.16. The normalized spacial score (nSPS) is 14.4. The molecule has 0 saturated carbocycles. The Bertz CT molecular complexity index is 804. The molecule has 1 aliphatic rings. The lowest BCUT2D eigenvalue weighted by Gasteiger charge is -2.26. The number of rotatable bonds is 8. The van der Waals surface area contributed by atoms with Crippen LogP contribution in [-0.2, 0) is 16.0 Å². The summed E-state index contributed by atoms with van der Waals surface area (Å²) in [4.78, 5) is 24.7. The highest BCUT2D eigenvalue weighted by Crippen LogP contribution is 2.19. The Hall–Kier alpha value is -2.97. The maximum Gasteiger partial charge on any atom is 0.273 e. The Morgan fingerprint density at radius 2 is 1.93 bits per heavy atom. The largest absolute Gasteiger partial charge is 0.484 e. The molecular formula is C20H23N3O5. The number of nitrogens with zero attached hydrogens (tertiary/aromatic N) is 2. The summed E-state index contributed by atoms with van der Waals surface area (Å²) in [6.07, 6.45) is 0.949. The van der Waals surface area contributed by atoms with Gasteiger partial charge in [-0.2, -0.15) is 0 Å². The molecule has 1 saturated heterocycles. The average Bonchev–Trinajstić information content (AvgIpc) is 2.73. The first-order chi connectivity index (χ1) is 13.6. The fraction of sp³-hybridized carbons (Fsp3) is 0.350. The third-order valence-electron chi connectivity index (χ3n) is 4.46. The van der Waals surface area contributed by atoms with Crippen molar-refractivity contribution in [2.75, 3.05) is 44.8 Å². The van der Waals surface area contributed by atoms with Crippen LogP contribution < -0.4 is 10.1 Å². The van der Waals surface area contributed by atoms with Crippen molar-refractivity contribution in [3.8, 4) is 5.75 Å². The fourth-order valence-electron chi connectivity index (χ4n) is 2.90. The van der Waals surface area contributed by atoms with Crippen LogP contribution in [0.4, 0.5) is 11.4 Å². The maximum atomic E-state index is 12.0. The lowest BCUT2D eigenvalue weighted by atomic mass is 10.1. The van der Waals surface area contributed by atoms with Crippen LogP contribution in [0.3, 0.4) is 0 Å². The number of anilines is 1. The molecule has 0 aromatic heterocycles. The van der Waals surface area contributed by atoms with Crippen molar-refractivity contribution < 1.29 is 19.2 Å². The molecule has 0 bridgehead atoms. The van der Waals surface area contributed by atoms with Crippen LogP contribution >= 0.6 is 0 Å². The van der Waals surface area contributed by atoms with E-state index in [0.717, 1.165) is 39.3 Å². The summed E-state index contributed by atoms with van der Waals surface area (Å²) in [5.74, 6) is -0.0459. The number of amides is 1. The molecule has 1 fully saturated rings. The van der Waals surface area contributed by atoms with Crippen LogP contribution in [0, 0.1) is 10.1 Å². The quantitative estimate of drug-likeness (QED) is 0.554. The van der Waals surface area contributed by atoms with E-state index in [1.807, 2.05) is 24.3 Å². The molecule has 2 aromatic carbocycles. The van der Waals surface area contributed by atoms with Gasteiger partial charge in [0.1, 0.15) is 5.75 Å². The topological polar surface area (TPSA) is 93.9 Å². The predicted octanol–water partition coefficient (Wildman–Crippen LogP) is 2.49. The van der Waals surface area contributed by atoms with E-state index in [4.69, 9.17) is 9.47 Å². The van der Waals surface area contributed by atoms with Crippen molar-refractivity contribution in [2.24, 2.45) is 0 Å². The summed E-state index contributed by atoms with van der Waals surface area (Å²) >= 11 is 0. The van der Waals surface area contributed by atoms with E-state index < -0.39 is 4.92 Å². The van der Waals surface area contributed by atoms with E-state index in [1.165, 1.54) is 23.8 Å².